The molecule has 0 aromatic heterocycles. The fraction of sp³-hybridized carbons (Fsp3) is 0.588. The van der Waals surface area contributed by atoms with Crippen LogP contribution in [0.4, 0.5) is 0 Å². The van der Waals surface area contributed by atoms with Crippen LogP contribution in [0.2, 0.25) is 0 Å². The number of piperidine rings is 2. The second-order valence-corrected chi connectivity index (χ2v) is 6.39. The molecular weight excluding hydrogens is 234 g/mol. The molecule has 0 N–H and O–H groups in total. The molecule has 0 spiro atoms. The monoisotopic (exact) mass is 255 g/mol. The first kappa shape index (κ1) is 11.7. The summed E-state index contributed by atoms with van der Waals surface area (Å²) in [6, 6.07) is 10.5. The zero-order valence-corrected chi connectivity index (χ0v) is 11.3. The van der Waals surface area contributed by atoms with Gasteiger partial charge in [0.15, 0.2) is 0 Å². The molecule has 3 atom stereocenters. The molecule has 1 aromatic rings. The highest BCUT2D eigenvalue weighted by atomic mass is 16.1. The predicted molar refractivity (Wildman–Crippen MR) is 75.0 cm³/mol. The van der Waals surface area contributed by atoms with Crippen LogP contribution < -0.4 is 0 Å². The van der Waals surface area contributed by atoms with E-state index in [1.807, 2.05) is 0 Å². The average Bonchev–Trinajstić information content (AvgIpc) is 2.81. The van der Waals surface area contributed by atoms with Crippen LogP contribution >= 0.6 is 0 Å². The quantitative estimate of drug-likeness (QED) is 0.767. The van der Waals surface area contributed by atoms with E-state index in [2.05, 4.69) is 29.2 Å². The van der Waals surface area contributed by atoms with Crippen molar-refractivity contribution >= 4 is 5.78 Å². The zero-order valence-electron chi connectivity index (χ0n) is 11.3. The van der Waals surface area contributed by atoms with Gasteiger partial charge in [-0.3, -0.25) is 9.69 Å². The maximum atomic E-state index is 11.9. The van der Waals surface area contributed by atoms with Crippen LogP contribution in [0.5, 0.6) is 0 Å². The molecule has 2 bridgehead atoms. The summed E-state index contributed by atoms with van der Waals surface area (Å²) in [5.41, 5.74) is 3.07. The molecule has 2 nitrogen and oxygen atoms in total. The van der Waals surface area contributed by atoms with Crippen molar-refractivity contribution in [3.63, 3.8) is 0 Å². The summed E-state index contributed by atoms with van der Waals surface area (Å²) in [5, 5.41) is 0. The number of carbonyl (C=O) groups is 1. The number of rotatable bonds is 1. The smallest absolute Gasteiger partial charge is 0.136 e. The van der Waals surface area contributed by atoms with Crippen molar-refractivity contribution in [1.82, 2.24) is 4.90 Å². The van der Waals surface area contributed by atoms with Crippen molar-refractivity contribution < 1.29 is 4.79 Å². The number of benzene rings is 1. The molecule has 19 heavy (non-hydrogen) atoms. The van der Waals surface area contributed by atoms with E-state index in [9.17, 15) is 4.79 Å². The Kier molecular flexibility index (Phi) is 2.73. The molecule has 3 unspecified atom stereocenters. The molecule has 0 amide bonds. The van der Waals surface area contributed by atoms with E-state index in [1.54, 1.807) is 0 Å². The molecular formula is C17H21NO. The van der Waals surface area contributed by atoms with Gasteiger partial charge < -0.3 is 0 Å². The van der Waals surface area contributed by atoms with E-state index >= 15 is 0 Å². The lowest BCUT2D eigenvalue weighted by Crippen LogP contribution is -2.53. The van der Waals surface area contributed by atoms with Crippen molar-refractivity contribution in [2.24, 2.45) is 0 Å². The molecule has 0 radical (unpaired) electrons. The van der Waals surface area contributed by atoms with E-state index in [0.29, 0.717) is 23.9 Å². The van der Waals surface area contributed by atoms with Crippen molar-refractivity contribution in [1.29, 1.82) is 0 Å². The number of aryl methyl sites for hydroxylation is 1. The Morgan fingerprint density at radius 1 is 1.00 bits per heavy atom. The van der Waals surface area contributed by atoms with Gasteiger partial charge in [0.1, 0.15) is 5.78 Å². The molecule has 100 valence electrons. The third kappa shape index (κ3) is 1.85. The van der Waals surface area contributed by atoms with Gasteiger partial charge in [-0.1, -0.05) is 30.7 Å². The average molecular weight is 255 g/mol. The van der Waals surface area contributed by atoms with Crippen LogP contribution in [0.1, 0.15) is 55.7 Å². The molecule has 1 aliphatic carbocycles. The number of fused-ring (bicyclic) bond motifs is 3. The Bertz CT molecular complexity index is 494. The van der Waals surface area contributed by atoms with Crippen LogP contribution in [-0.4, -0.2) is 22.8 Å². The van der Waals surface area contributed by atoms with Crippen LogP contribution in [0.3, 0.4) is 0 Å². The molecule has 4 rings (SSSR count). The van der Waals surface area contributed by atoms with Gasteiger partial charge in [-0.05, 0) is 36.8 Å². The SMILES string of the molecule is O=C1CC2CCCC(C1)N2C1CCc2ccccc21. The van der Waals surface area contributed by atoms with Gasteiger partial charge in [0.25, 0.3) is 0 Å². The highest BCUT2D eigenvalue weighted by Gasteiger charge is 2.42. The summed E-state index contributed by atoms with van der Waals surface area (Å²) >= 11 is 0. The Morgan fingerprint density at radius 2 is 1.74 bits per heavy atom. The lowest BCUT2D eigenvalue weighted by Gasteiger charge is -2.49. The minimum atomic E-state index is 0.497. The Balaban J connectivity index is 1.68. The van der Waals surface area contributed by atoms with Crippen LogP contribution in [0, 0.1) is 0 Å². The molecule has 3 aliphatic rings. The number of nitrogens with zero attached hydrogens (tertiary/aromatic N) is 1. The summed E-state index contributed by atoms with van der Waals surface area (Å²) in [4.78, 5) is 14.6. The first-order valence-electron chi connectivity index (χ1n) is 7.70. The van der Waals surface area contributed by atoms with Gasteiger partial charge in [0.2, 0.25) is 0 Å². The van der Waals surface area contributed by atoms with E-state index in [-0.39, 0.29) is 0 Å². The topological polar surface area (TPSA) is 20.3 Å². The Labute approximate surface area is 114 Å². The van der Waals surface area contributed by atoms with Gasteiger partial charge in [-0.25, -0.2) is 0 Å². The van der Waals surface area contributed by atoms with Crippen molar-refractivity contribution in [2.45, 2.75) is 63.1 Å². The van der Waals surface area contributed by atoms with Crippen molar-refractivity contribution in [3.8, 4) is 0 Å². The van der Waals surface area contributed by atoms with Crippen molar-refractivity contribution in [2.75, 3.05) is 0 Å². The maximum absolute atomic E-state index is 11.9. The van der Waals surface area contributed by atoms with Gasteiger partial charge in [-0.2, -0.15) is 0 Å². The molecule has 1 aromatic carbocycles. The van der Waals surface area contributed by atoms with Crippen LogP contribution in [0.15, 0.2) is 24.3 Å². The van der Waals surface area contributed by atoms with Gasteiger partial charge >= 0.3 is 0 Å². The Morgan fingerprint density at radius 3 is 2.53 bits per heavy atom. The van der Waals surface area contributed by atoms with E-state index < -0.39 is 0 Å². The van der Waals surface area contributed by atoms with E-state index in [4.69, 9.17) is 0 Å². The van der Waals surface area contributed by atoms with E-state index in [1.165, 1.54) is 43.2 Å². The molecule has 0 saturated carbocycles. The largest absolute Gasteiger partial charge is 0.300 e. The summed E-state index contributed by atoms with van der Waals surface area (Å²) in [5.74, 6) is 0.497. The highest BCUT2D eigenvalue weighted by Crippen LogP contribution is 2.44. The number of ketones is 1. The minimum absolute atomic E-state index is 0.497. The standard InChI is InChI=1S/C17H21NO/c19-15-10-13-5-3-6-14(11-15)18(13)17-9-8-12-4-1-2-7-16(12)17/h1-2,4,7,13-14,17H,3,5-6,8-11H2. The summed E-state index contributed by atoms with van der Waals surface area (Å²) in [7, 11) is 0. The fourth-order valence-electron chi connectivity index (χ4n) is 4.56. The molecule has 2 fully saturated rings. The number of carbonyl (C=O) groups excluding carboxylic acids is 1. The molecule has 2 aliphatic heterocycles. The third-order valence-corrected chi connectivity index (χ3v) is 5.31. The Hall–Kier alpha value is -1.15. The van der Waals surface area contributed by atoms with Gasteiger partial charge in [0, 0.05) is 31.0 Å². The van der Waals surface area contributed by atoms with Gasteiger partial charge in [0.05, 0.1) is 0 Å². The second-order valence-electron chi connectivity index (χ2n) is 6.39. The number of Topliss-reactive ketones (excluding diaryl/α,β-unsaturated/α-hetero) is 1. The van der Waals surface area contributed by atoms with E-state index in [0.717, 1.165) is 12.8 Å². The maximum Gasteiger partial charge on any atom is 0.136 e. The first-order valence-corrected chi connectivity index (χ1v) is 7.70. The number of hydrogen-bond donors (Lipinski definition) is 0. The third-order valence-electron chi connectivity index (χ3n) is 5.31. The lowest BCUT2D eigenvalue weighted by atomic mass is 9.82. The van der Waals surface area contributed by atoms with Crippen molar-refractivity contribution in [3.05, 3.63) is 35.4 Å². The lowest BCUT2D eigenvalue weighted by molar-refractivity contribution is -0.129. The van der Waals surface area contributed by atoms with Crippen LogP contribution in [-0.2, 0) is 11.2 Å². The summed E-state index contributed by atoms with van der Waals surface area (Å²) in [6.45, 7) is 0. The predicted octanol–water partition coefficient (Wildman–Crippen LogP) is 3.26. The van der Waals surface area contributed by atoms with Gasteiger partial charge in [-0.15, -0.1) is 0 Å². The fourth-order valence-corrected chi connectivity index (χ4v) is 4.56. The molecule has 2 saturated heterocycles. The number of hydrogen-bond acceptors (Lipinski definition) is 2. The normalized spacial score (nSPS) is 34.3. The second kappa shape index (κ2) is 4.45. The molecule has 2 heterocycles. The summed E-state index contributed by atoms with van der Waals surface area (Å²) in [6.07, 6.45) is 7.82. The van der Waals surface area contributed by atoms with Crippen LogP contribution in [0.25, 0.3) is 0 Å². The minimum Gasteiger partial charge on any atom is -0.300 e. The zero-order chi connectivity index (χ0) is 12.8. The first-order chi connectivity index (χ1) is 9.33. The molecule has 2 heteroatoms. The summed E-state index contributed by atoms with van der Waals surface area (Å²) < 4.78 is 0. The highest BCUT2D eigenvalue weighted by molar-refractivity contribution is 5.80.